The van der Waals surface area contributed by atoms with Crippen LogP contribution in [0.25, 0.3) is 0 Å². The Morgan fingerprint density at radius 3 is 2.54 bits per heavy atom. The van der Waals surface area contributed by atoms with Gasteiger partial charge in [0.2, 0.25) is 11.8 Å². The van der Waals surface area contributed by atoms with Gasteiger partial charge in [-0.15, -0.1) is 0 Å². The maximum absolute atomic E-state index is 13.2. The van der Waals surface area contributed by atoms with Crippen LogP contribution >= 0.6 is 0 Å². The quantitative estimate of drug-likeness (QED) is 0.738. The van der Waals surface area contributed by atoms with Gasteiger partial charge in [-0.25, -0.2) is 0 Å². The van der Waals surface area contributed by atoms with Gasteiger partial charge >= 0.3 is 0 Å². The number of hydrogen-bond acceptors (Lipinski definition) is 4. The van der Waals surface area contributed by atoms with E-state index in [0.29, 0.717) is 17.5 Å². The second-order valence-electron chi connectivity index (χ2n) is 7.26. The molecule has 0 heterocycles. The van der Waals surface area contributed by atoms with Crippen molar-refractivity contribution in [3.8, 4) is 5.75 Å². The lowest BCUT2D eigenvalue weighted by atomic mass is 10.0. The number of rotatable bonds is 8. The predicted octanol–water partition coefficient (Wildman–Crippen LogP) is 2.89. The third-order valence-corrected chi connectivity index (χ3v) is 4.75. The van der Waals surface area contributed by atoms with Crippen molar-refractivity contribution in [2.75, 3.05) is 26.0 Å². The molecular formula is C22H27N3O3. The average molecular weight is 381 g/mol. The number of anilines is 1. The van der Waals surface area contributed by atoms with Crippen LogP contribution in [0.1, 0.15) is 30.0 Å². The summed E-state index contributed by atoms with van der Waals surface area (Å²) in [6.07, 6.45) is 2.07. The molecule has 1 atom stereocenters. The van der Waals surface area contributed by atoms with Crippen LogP contribution in [0, 0.1) is 6.92 Å². The largest absolute Gasteiger partial charge is 0.495 e. The molecule has 1 saturated carbocycles. The summed E-state index contributed by atoms with van der Waals surface area (Å²) in [5, 5.41) is 5.94. The molecule has 1 aliphatic carbocycles. The van der Waals surface area contributed by atoms with Gasteiger partial charge in [-0.05, 0) is 50.1 Å². The topological polar surface area (TPSA) is 70.7 Å². The molecule has 0 aliphatic heterocycles. The Bertz CT molecular complexity index is 834. The van der Waals surface area contributed by atoms with E-state index in [-0.39, 0.29) is 18.4 Å². The summed E-state index contributed by atoms with van der Waals surface area (Å²) in [5.41, 5.74) is 2.46. The Labute approximate surface area is 165 Å². The highest BCUT2D eigenvalue weighted by molar-refractivity contribution is 5.97. The van der Waals surface area contributed by atoms with E-state index in [2.05, 4.69) is 10.6 Å². The van der Waals surface area contributed by atoms with E-state index in [9.17, 15) is 9.59 Å². The molecule has 1 aliphatic rings. The van der Waals surface area contributed by atoms with Crippen LogP contribution in [0.2, 0.25) is 0 Å². The van der Waals surface area contributed by atoms with Crippen molar-refractivity contribution < 1.29 is 14.3 Å². The first kappa shape index (κ1) is 19.9. The molecule has 0 saturated heterocycles. The van der Waals surface area contributed by atoms with Crippen LogP contribution < -0.4 is 15.4 Å². The van der Waals surface area contributed by atoms with Crippen LogP contribution in [0.3, 0.4) is 0 Å². The van der Waals surface area contributed by atoms with E-state index in [0.717, 1.165) is 24.0 Å². The summed E-state index contributed by atoms with van der Waals surface area (Å²) in [7, 11) is 3.36. The molecule has 2 aromatic rings. The van der Waals surface area contributed by atoms with E-state index >= 15 is 0 Å². The number of benzene rings is 2. The first-order valence-electron chi connectivity index (χ1n) is 9.48. The van der Waals surface area contributed by atoms with Gasteiger partial charge < -0.3 is 15.4 Å². The number of carbonyl (C=O) groups is 2. The fraction of sp³-hybridized carbons (Fsp3) is 0.364. The molecular weight excluding hydrogens is 354 g/mol. The molecule has 0 aromatic heterocycles. The Morgan fingerprint density at radius 2 is 1.89 bits per heavy atom. The van der Waals surface area contributed by atoms with E-state index in [4.69, 9.17) is 4.74 Å². The lowest BCUT2D eigenvalue weighted by Crippen LogP contribution is -2.41. The highest BCUT2D eigenvalue weighted by Crippen LogP contribution is 2.28. The average Bonchev–Trinajstić information content (AvgIpc) is 3.46. The second-order valence-corrected chi connectivity index (χ2v) is 7.26. The summed E-state index contributed by atoms with van der Waals surface area (Å²) in [6.45, 7) is 2.10. The van der Waals surface area contributed by atoms with Gasteiger partial charge in [-0.1, -0.05) is 36.4 Å². The number of amides is 2. The van der Waals surface area contributed by atoms with Gasteiger partial charge in [0, 0.05) is 6.04 Å². The molecule has 148 valence electrons. The standard InChI is InChI=1S/C22H27N3O3/c1-15-9-12-19(28-3)18(13-15)24-22(27)21(16-7-5-4-6-8-16)25(2)14-20(26)23-17-10-11-17/h4-9,12-13,17,21H,10-11,14H2,1-3H3,(H,23,26)(H,24,27)/t21-/m0/s1. The molecule has 0 bridgehead atoms. The summed E-state index contributed by atoms with van der Waals surface area (Å²) in [6, 6.07) is 14.8. The van der Waals surface area contributed by atoms with E-state index < -0.39 is 6.04 Å². The lowest BCUT2D eigenvalue weighted by molar-refractivity contribution is -0.125. The maximum atomic E-state index is 13.2. The number of aryl methyl sites for hydroxylation is 1. The highest BCUT2D eigenvalue weighted by Gasteiger charge is 2.29. The second kappa shape index (κ2) is 8.89. The molecule has 2 N–H and O–H groups in total. The number of carbonyl (C=O) groups excluding carboxylic acids is 2. The summed E-state index contributed by atoms with van der Waals surface area (Å²) in [5.74, 6) is 0.323. The third kappa shape index (κ3) is 5.10. The molecule has 6 heteroatoms. The number of nitrogens with zero attached hydrogens (tertiary/aromatic N) is 1. The van der Waals surface area contributed by atoms with E-state index in [1.54, 1.807) is 19.1 Å². The first-order chi connectivity index (χ1) is 13.5. The van der Waals surface area contributed by atoms with Crippen LogP contribution in [0.15, 0.2) is 48.5 Å². The van der Waals surface area contributed by atoms with Gasteiger partial charge in [0.15, 0.2) is 0 Å². The fourth-order valence-corrected chi connectivity index (χ4v) is 3.18. The predicted molar refractivity (Wildman–Crippen MR) is 109 cm³/mol. The number of methoxy groups -OCH3 is 1. The van der Waals surface area contributed by atoms with Crippen molar-refractivity contribution in [1.82, 2.24) is 10.2 Å². The molecule has 0 unspecified atom stereocenters. The van der Waals surface area contributed by atoms with Crippen molar-refractivity contribution in [2.24, 2.45) is 0 Å². The van der Waals surface area contributed by atoms with Gasteiger partial charge in [0.25, 0.3) is 0 Å². The van der Waals surface area contributed by atoms with Gasteiger partial charge in [0.1, 0.15) is 11.8 Å². The SMILES string of the molecule is COc1ccc(C)cc1NC(=O)[C@H](c1ccccc1)N(C)CC(=O)NC1CC1. The van der Waals surface area contributed by atoms with Gasteiger partial charge in [-0.2, -0.15) is 0 Å². The Kier molecular flexibility index (Phi) is 6.31. The molecule has 0 spiro atoms. The zero-order chi connectivity index (χ0) is 20.1. The summed E-state index contributed by atoms with van der Waals surface area (Å²) < 4.78 is 5.37. The zero-order valence-corrected chi connectivity index (χ0v) is 16.6. The highest BCUT2D eigenvalue weighted by atomic mass is 16.5. The molecule has 0 radical (unpaired) electrons. The van der Waals surface area contributed by atoms with Crippen molar-refractivity contribution in [3.05, 3.63) is 59.7 Å². The van der Waals surface area contributed by atoms with Crippen LogP contribution in [-0.4, -0.2) is 43.5 Å². The molecule has 2 aromatic carbocycles. The van der Waals surface area contributed by atoms with Crippen molar-refractivity contribution in [2.45, 2.75) is 31.8 Å². The minimum Gasteiger partial charge on any atom is -0.495 e. The molecule has 2 amide bonds. The Balaban J connectivity index is 1.80. The maximum Gasteiger partial charge on any atom is 0.246 e. The minimum atomic E-state index is -0.601. The van der Waals surface area contributed by atoms with Crippen molar-refractivity contribution in [3.63, 3.8) is 0 Å². The third-order valence-electron chi connectivity index (χ3n) is 4.75. The Morgan fingerprint density at radius 1 is 1.18 bits per heavy atom. The lowest BCUT2D eigenvalue weighted by Gasteiger charge is -2.27. The molecule has 6 nitrogen and oxygen atoms in total. The van der Waals surface area contributed by atoms with E-state index in [1.807, 2.05) is 55.5 Å². The van der Waals surface area contributed by atoms with Crippen LogP contribution in [-0.2, 0) is 9.59 Å². The van der Waals surface area contributed by atoms with Crippen LogP contribution in [0.4, 0.5) is 5.69 Å². The van der Waals surface area contributed by atoms with Crippen molar-refractivity contribution >= 4 is 17.5 Å². The normalized spacial score (nSPS) is 14.4. The first-order valence-corrected chi connectivity index (χ1v) is 9.48. The Hall–Kier alpha value is -2.86. The summed E-state index contributed by atoms with van der Waals surface area (Å²) in [4.78, 5) is 27.2. The van der Waals surface area contributed by atoms with Crippen molar-refractivity contribution in [1.29, 1.82) is 0 Å². The van der Waals surface area contributed by atoms with E-state index in [1.165, 1.54) is 0 Å². The number of likely N-dealkylation sites (N-methyl/N-ethyl adjacent to an activating group) is 1. The molecule has 28 heavy (non-hydrogen) atoms. The molecule has 3 rings (SSSR count). The monoisotopic (exact) mass is 381 g/mol. The number of hydrogen-bond donors (Lipinski definition) is 2. The zero-order valence-electron chi connectivity index (χ0n) is 16.6. The van der Waals surface area contributed by atoms with Gasteiger partial charge in [0.05, 0.1) is 19.3 Å². The smallest absolute Gasteiger partial charge is 0.246 e. The van der Waals surface area contributed by atoms with Crippen LogP contribution in [0.5, 0.6) is 5.75 Å². The number of nitrogens with one attached hydrogen (secondary N) is 2. The summed E-state index contributed by atoms with van der Waals surface area (Å²) >= 11 is 0. The van der Waals surface area contributed by atoms with Gasteiger partial charge in [-0.3, -0.25) is 14.5 Å². The number of ether oxygens (including phenoxy) is 1. The molecule has 1 fully saturated rings. The minimum absolute atomic E-state index is 0.0631. The fourth-order valence-electron chi connectivity index (χ4n) is 3.18.